The number of hydrogen-bond donors (Lipinski definition) is 2. The average molecular weight is 262 g/mol. The van der Waals surface area contributed by atoms with Crippen molar-refractivity contribution in [2.75, 3.05) is 23.7 Å². The van der Waals surface area contributed by atoms with Crippen LogP contribution in [0.3, 0.4) is 0 Å². The second kappa shape index (κ2) is 6.59. The van der Waals surface area contributed by atoms with Gasteiger partial charge in [0.1, 0.15) is 0 Å². The standard InChI is InChI=1S/C13H18N4O2/c1-9(2)8-17(7-3-5-14)12-11(15)10(13(18)19)4-6-16-12/h4,6,9H,3,7-8,15H2,1-2H3,(H,18,19). The van der Waals surface area contributed by atoms with Crippen molar-refractivity contribution >= 4 is 17.5 Å². The summed E-state index contributed by atoms with van der Waals surface area (Å²) in [6.07, 6.45) is 1.76. The number of hydrogen-bond acceptors (Lipinski definition) is 5. The number of rotatable bonds is 6. The Hall–Kier alpha value is -2.29. The highest BCUT2D eigenvalue weighted by Gasteiger charge is 2.17. The first-order chi connectivity index (χ1) is 8.97. The van der Waals surface area contributed by atoms with Gasteiger partial charge in [0.15, 0.2) is 5.82 Å². The van der Waals surface area contributed by atoms with Crippen LogP contribution in [0.15, 0.2) is 12.3 Å². The monoisotopic (exact) mass is 262 g/mol. The zero-order valence-electron chi connectivity index (χ0n) is 11.1. The van der Waals surface area contributed by atoms with Crippen molar-refractivity contribution in [3.05, 3.63) is 17.8 Å². The lowest BCUT2D eigenvalue weighted by atomic mass is 10.1. The molecule has 0 bridgehead atoms. The van der Waals surface area contributed by atoms with Crippen molar-refractivity contribution < 1.29 is 9.90 Å². The van der Waals surface area contributed by atoms with Crippen LogP contribution in [-0.4, -0.2) is 29.1 Å². The quantitative estimate of drug-likeness (QED) is 0.809. The topological polar surface area (TPSA) is 103 Å². The number of carboxylic acid groups (broad SMARTS) is 1. The summed E-state index contributed by atoms with van der Waals surface area (Å²) in [5.74, 6) is -0.289. The van der Waals surface area contributed by atoms with E-state index in [0.717, 1.165) is 0 Å². The van der Waals surface area contributed by atoms with E-state index in [0.29, 0.717) is 31.2 Å². The van der Waals surface area contributed by atoms with E-state index in [9.17, 15) is 4.79 Å². The minimum absolute atomic E-state index is 0.0377. The number of aromatic nitrogens is 1. The first-order valence-electron chi connectivity index (χ1n) is 6.07. The van der Waals surface area contributed by atoms with Crippen LogP contribution in [0.2, 0.25) is 0 Å². The van der Waals surface area contributed by atoms with Gasteiger partial charge in [-0.25, -0.2) is 9.78 Å². The molecule has 0 aliphatic rings. The Labute approximate surface area is 112 Å². The molecule has 1 heterocycles. The molecular formula is C13H18N4O2. The molecule has 0 fully saturated rings. The van der Waals surface area contributed by atoms with E-state index < -0.39 is 5.97 Å². The highest BCUT2D eigenvalue weighted by atomic mass is 16.4. The molecule has 0 unspecified atom stereocenters. The van der Waals surface area contributed by atoms with Crippen molar-refractivity contribution in [1.82, 2.24) is 4.98 Å². The van der Waals surface area contributed by atoms with E-state index in [4.69, 9.17) is 16.1 Å². The van der Waals surface area contributed by atoms with Crippen LogP contribution in [0.5, 0.6) is 0 Å². The van der Waals surface area contributed by atoms with Gasteiger partial charge in [-0.1, -0.05) is 13.8 Å². The molecule has 3 N–H and O–H groups in total. The number of pyridine rings is 1. The highest BCUT2D eigenvalue weighted by molar-refractivity contribution is 5.96. The number of nitriles is 1. The van der Waals surface area contributed by atoms with Crippen LogP contribution >= 0.6 is 0 Å². The molecule has 1 aromatic heterocycles. The van der Waals surface area contributed by atoms with Gasteiger partial charge >= 0.3 is 5.97 Å². The van der Waals surface area contributed by atoms with Gasteiger partial charge in [0.05, 0.1) is 23.7 Å². The zero-order valence-corrected chi connectivity index (χ0v) is 11.1. The molecule has 0 atom stereocenters. The van der Waals surface area contributed by atoms with Crippen LogP contribution in [0.4, 0.5) is 11.5 Å². The Balaban J connectivity index is 3.11. The lowest BCUT2D eigenvalue weighted by molar-refractivity contribution is 0.0698. The third kappa shape index (κ3) is 3.85. The summed E-state index contributed by atoms with van der Waals surface area (Å²) < 4.78 is 0. The van der Waals surface area contributed by atoms with E-state index in [1.807, 2.05) is 18.7 Å². The molecule has 0 aliphatic carbocycles. The van der Waals surface area contributed by atoms with Crippen LogP contribution in [0.25, 0.3) is 0 Å². The van der Waals surface area contributed by atoms with Crippen molar-refractivity contribution in [1.29, 1.82) is 5.26 Å². The fraction of sp³-hybridized carbons (Fsp3) is 0.462. The van der Waals surface area contributed by atoms with Gasteiger partial charge in [-0.2, -0.15) is 5.26 Å². The van der Waals surface area contributed by atoms with Gasteiger partial charge in [0.2, 0.25) is 0 Å². The second-order valence-electron chi connectivity index (χ2n) is 4.65. The fourth-order valence-electron chi connectivity index (χ4n) is 1.81. The normalized spacial score (nSPS) is 10.2. The Morgan fingerprint density at radius 1 is 1.63 bits per heavy atom. The minimum atomic E-state index is -1.08. The third-order valence-corrected chi connectivity index (χ3v) is 2.58. The molecule has 6 heteroatoms. The summed E-state index contributed by atoms with van der Waals surface area (Å²) in [5, 5.41) is 17.7. The van der Waals surface area contributed by atoms with Crippen LogP contribution in [0.1, 0.15) is 30.6 Å². The number of aromatic carboxylic acids is 1. The van der Waals surface area contributed by atoms with Crippen LogP contribution in [-0.2, 0) is 0 Å². The molecule has 0 radical (unpaired) electrons. The number of anilines is 2. The van der Waals surface area contributed by atoms with E-state index in [2.05, 4.69) is 11.1 Å². The Morgan fingerprint density at radius 3 is 2.84 bits per heavy atom. The van der Waals surface area contributed by atoms with Gasteiger partial charge in [-0.15, -0.1) is 0 Å². The summed E-state index contributed by atoms with van der Waals surface area (Å²) in [6, 6.07) is 3.45. The van der Waals surface area contributed by atoms with Crippen LogP contribution in [0, 0.1) is 17.2 Å². The summed E-state index contributed by atoms with van der Waals surface area (Å²) in [6.45, 7) is 5.23. The maximum atomic E-state index is 11.1. The third-order valence-electron chi connectivity index (χ3n) is 2.58. The summed E-state index contributed by atoms with van der Waals surface area (Å²) in [4.78, 5) is 17.1. The molecule has 1 rings (SSSR count). The van der Waals surface area contributed by atoms with E-state index in [1.165, 1.54) is 12.3 Å². The molecular weight excluding hydrogens is 244 g/mol. The minimum Gasteiger partial charge on any atom is -0.478 e. The highest BCUT2D eigenvalue weighted by Crippen LogP contribution is 2.25. The average Bonchev–Trinajstić information content (AvgIpc) is 2.34. The zero-order chi connectivity index (χ0) is 14.4. The van der Waals surface area contributed by atoms with Crippen LogP contribution < -0.4 is 10.6 Å². The molecule has 6 nitrogen and oxygen atoms in total. The molecule has 102 valence electrons. The molecule has 0 saturated carbocycles. The molecule has 0 saturated heterocycles. The maximum absolute atomic E-state index is 11.1. The lowest BCUT2D eigenvalue weighted by Gasteiger charge is -2.26. The number of carbonyl (C=O) groups is 1. The Kier molecular flexibility index (Phi) is 5.12. The number of carboxylic acids is 1. The predicted octanol–water partition coefficient (Wildman–Crippen LogP) is 1.74. The number of nitrogen functional groups attached to an aromatic ring is 1. The van der Waals surface area contributed by atoms with E-state index in [-0.39, 0.29) is 11.3 Å². The van der Waals surface area contributed by atoms with Gasteiger partial charge in [0, 0.05) is 19.3 Å². The SMILES string of the molecule is CC(C)CN(CCC#N)c1nccc(C(=O)O)c1N. The van der Waals surface area contributed by atoms with Crippen molar-refractivity contribution in [3.8, 4) is 6.07 Å². The van der Waals surface area contributed by atoms with Gasteiger partial charge in [-0.05, 0) is 12.0 Å². The maximum Gasteiger partial charge on any atom is 0.337 e. The molecule has 1 aromatic rings. The van der Waals surface area contributed by atoms with E-state index in [1.54, 1.807) is 0 Å². The van der Waals surface area contributed by atoms with E-state index >= 15 is 0 Å². The number of nitrogens with two attached hydrogens (primary N) is 1. The Bertz CT molecular complexity index is 494. The predicted molar refractivity (Wildman–Crippen MR) is 72.9 cm³/mol. The first-order valence-corrected chi connectivity index (χ1v) is 6.07. The molecule has 19 heavy (non-hydrogen) atoms. The fourth-order valence-corrected chi connectivity index (χ4v) is 1.81. The van der Waals surface area contributed by atoms with Crippen molar-refractivity contribution in [2.45, 2.75) is 20.3 Å². The number of nitrogens with zero attached hydrogens (tertiary/aromatic N) is 3. The molecule has 0 spiro atoms. The molecule has 0 aliphatic heterocycles. The lowest BCUT2D eigenvalue weighted by Crippen LogP contribution is -2.30. The first kappa shape index (κ1) is 14.8. The van der Waals surface area contributed by atoms with Crippen molar-refractivity contribution in [2.24, 2.45) is 5.92 Å². The largest absolute Gasteiger partial charge is 0.478 e. The van der Waals surface area contributed by atoms with Gasteiger partial charge in [0.25, 0.3) is 0 Å². The summed E-state index contributed by atoms with van der Waals surface area (Å²) in [7, 11) is 0. The van der Waals surface area contributed by atoms with Crippen molar-refractivity contribution in [3.63, 3.8) is 0 Å². The molecule has 0 amide bonds. The summed E-state index contributed by atoms with van der Waals surface area (Å²) in [5.41, 5.74) is 6.05. The van der Waals surface area contributed by atoms with Gasteiger partial charge < -0.3 is 15.7 Å². The van der Waals surface area contributed by atoms with Gasteiger partial charge in [-0.3, -0.25) is 0 Å². The smallest absolute Gasteiger partial charge is 0.337 e. The Morgan fingerprint density at radius 2 is 2.32 bits per heavy atom. The summed E-state index contributed by atoms with van der Waals surface area (Å²) >= 11 is 0. The second-order valence-corrected chi connectivity index (χ2v) is 4.65. The molecule has 0 aromatic carbocycles.